The fourth-order valence-electron chi connectivity index (χ4n) is 1.92. The Bertz CT molecular complexity index is 877. The molecule has 1 heterocycles. The average Bonchev–Trinajstić information content (AvgIpc) is 2.89. The number of carboxylic acid groups (broad SMARTS) is 1. The number of aromatic nitrogens is 1. The quantitative estimate of drug-likeness (QED) is 0.764. The monoisotopic (exact) mass is 279 g/mol. The minimum atomic E-state index is -1.03. The van der Waals surface area contributed by atoms with Crippen molar-refractivity contribution in [3.8, 4) is 6.07 Å². The maximum absolute atomic E-state index is 10.9. The van der Waals surface area contributed by atoms with Gasteiger partial charge in [-0.25, -0.2) is 4.79 Å². The number of benzene rings is 2. The molecule has 102 valence electrons. The first-order chi connectivity index (χ1) is 10.2. The van der Waals surface area contributed by atoms with Crippen LogP contribution in [0.5, 0.6) is 0 Å². The summed E-state index contributed by atoms with van der Waals surface area (Å²) in [4.78, 5) is 15.1. The van der Waals surface area contributed by atoms with Crippen molar-refractivity contribution in [2.45, 2.75) is 0 Å². The lowest BCUT2D eigenvalue weighted by molar-refractivity contribution is 0.0697. The van der Waals surface area contributed by atoms with Crippen LogP contribution in [0.3, 0.4) is 0 Å². The van der Waals surface area contributed by atoms with Gasteiger partial charge in [-0.15, -0.1) is 0 Å². The molecule has 21 heavy (non-hydrogen) atoms. The summed E-state index contributed by atoms with van der Waals surface area (Å²) in [5.74, 6) is -1.03. The van der Waals surface area contributed by atoms with E-state index in [0.29, 0.717) is 22.4 Å². The van der Waals surface area contributed by atoms with E-state index in [4.69, 9.17) is 14.8 Å². The second-order valence-corrected chi connectivity index (χ2v) is 4.29. The van der Waals surface area contributed by atoms with E-state index in [2.05, 4.69) is 16.4 Å². The third-order valence-corrected chi connectivity index (χ3v) is 2.92. The SMILES string of the molecule is N#Cc1ccccc1Nc1nc2ccc(C(=O)O)cc2o1. The van der Waals surface area contributed by atoms with Gasteiger partial charge in [-0.3, -0.25) is 0 Å². The number of nitrogens with zero attached hydrogens (tertiary/aromatic N) is 2. The molecule has 0 bridgehead atoms. The number of aromatic carboxylic acids is 1. The molecule has 6 nitrogen and oxygen atoms in total. The van der Waals surface area contributed by atoms with Crippen LogP contribution in [0, 0.1) is 11.3 Å². The van der Waals surface area contributed by atoms with E-state index >= 15 is 0 Å². The van der Waals surface area contributed by atoms with E-state index in [9.17, 15) is 4.79 Å². The van der Waals surface area contributed by atoms with Crippen molar-refractivity contribution in [1.29, 1.82) is 5.26 Å². The normalized spacial score (nSPS) is 10.2. The van der Waals surface area contributed by atoms with Crippen molar-refractivity contribution in [3.63, 3.8) is 0 Å². The molecule has 0 aliphatic carbocycles. The number of oxazole rings is 1. The molecule has 6 heteroatoms. The molecular formula is C15H9N3O3. The first-order valence-corrected chi connectivity index (χ1v) is 6.07. The molecule has 2 aromatic carbocycles. The van der Waals surface area contributed by atoms with Gasteiger partial charge in [0.05, 0.1) is 16.8 Å². The summed E-state index contributed by atoms with van der Waals surface area (Å²) in [5, 5.41) is 20.9. The zero-order valence-corrected chi connectivity index (χ0v) is 10.7. The van der Waals surface area contributed by atoms with Gasteiger partial charge in [0, 0.05) is 0 Å². The summed E-state index contributed by atoms with van der Waals surface area (Å²) < 4.78 is 5.47. The second kappa shape index (κ2) is 4.98. The zero-order chi connectivity index (χ0) is 14.8. The van der Waals surface area contributed by atoms with E-state index in [-0.39, 0.29) is 11.6 Å². The van der Waals surface area contributed by atoms with Crippen LogP contribution in [0.4, 0.5) is 11.7 Å². The standard InChI is InChI=1S/C15H9N3O3/c16-8-10-3-1-2-4-11(10)17-15-18-12-6-5-9(14(19)20)7-13(12)21-15/h1-7H,(H,17,18)(H,19,20). The Hall–Kier alpha value is -3.33. The first-order valence-electron chi connectivity index (χ1n) is 6.07. The molecule has 0 aliphatic heterocycles. The minimum Gasteiger partial charge on any atom is -0.478 e. The van der Waals surface area contributed by atoms with Crippen LogP contribution < -0.4 is 5.32 Å². The summed E-state index contributed by atoms with van der Waals surface area (Å²) in [6, 6.07) is 13.7. The largest absolute Gasteiger partial charge is 0.478 e. The predicted octanol–water partition coefficient (Wildman–Crippen LogP) is 3.14. The summed E-state index contributed by atoms with van der Waals surface area (Å²) >= 11 is 0. The predicted molar refractivity (Wildman–Crippen MR) is 75.4 cm³/mol. The van der Waals surface area contributed by atoms with Gasteiger partial charge in [0.25, 0.3) is 6.01 Å². The Labute approximate surface area is 119 Å². The van der Waals surface area contributed by atoms with E-state index in [1.807, 2.05) is 0 Å². The maximum atomic E-state index is 10.9. The topological polar surface area (TPSA) is 99.2 Å². The van der Waals surface area contributed by atoms with Crippen LogP contribution in [0.15, 0.2) is 46.9 Å². The molecule has 0 saturated heterocycles. The van der Waals surface area contributed by atoms with Crippen LogP contribution in [-0.2, 0) is 0 Å². The molecule has 0 spiro atoms. The third kappa shape index (κ3) is 2.40. The summed E-state index contributed by atoms with van der Waals surface area (Å²) in [6.45, 7) is 0. The second-order valence-electron chi connectivity index (χ2n) is 4.29. The number of nitriles is 1. The Morgan fingerprint density at radius 2 is 2.10 bits per heavy atom. The van der Waals surface area contributed by atoms with Gasteiger partial charge in [0.2, 0.25) is 0 Å². The number of carbonyl (C=O) groups is 1. The van der Waals surface area contributed by atoms with Crippen LogP contribution in [0.1, 0.15) is 15.9 Å². The first kappa shape index (κ1) is 12.7. The van der Waals surface area contributed by atoms with E-state index in [1.54, 1.807) is 30.3 Å². The highest BCUT2D eigenvalue weighted by Gasteiger charge is 2.11. The average molecular weight is 279 g/mol. The fraction of sp³-hybridized carbons (Fsp3) is 0. The number of anilines is 2. The molecule has 0 unspecified atom stereocenters. The number of hydrogen-bond donors (Lipinski definition) is 2. The Balaban J connectivity index is 1.98. The molecule has 3 aromatic rings. The number of carboxylic acids is 1. The number of rotatable bonds is 3. The molecule has 0 fully saturated rings. The van der Waals surface area contributed by atoms with E-state index in [1.165, 1.54) is 12.1 Å². The van der Waals surface area contributed by atoms with Gasteiger partial charge in [0.1, 0.15) is 11.6 Å². The number of fused-ring (bicyclic) bond motifs is 1. The summed E-state index contributed by atoms with van der Waals surface area (Å²) in [5.41, 5.74) is 2.07. The van der Waals surface area contributed by atoms with Crippen molar-refractivity contribution < 1.29 is 14.3 Å². The number of para-hydroxylation sites is 1. The fourth-order valence-corrected chi connectivity index (χ4v) is 1.92. The highest BCUT2D eigenvalue weighted by molar-refractivity contribution is 5.92. The van der Waals surface area contributed by atoms with Crippen LogP contribution in [0.25, 0.3) is 11.1 Å². The Kier molecular flexibility index (Phi) is 3.01. The van der Waals surface area contributed by atoms with E-state index in [0.717, 1.165) is 0 Å². The van der Waals surface area contributed by atoms with Crippen molar-refractivity contribution in [2.24, 2.45) is 0 Å². The van der Waals surface area contributed by atoms with Crippen molar-refractivity contribution in [1.82, 2.24) is 4.98 Å². The smallest absolute Gasteiger partial charge is 0.335 e. The van der Waals surface area contributed by atoms with Gasteiger partial charge in [-0.2, -0.15) is 10.2 Å². The van der Waals surface area contributed by atoms with Gasteiger partial charge < -0.3 is 14.8 Å². The highest BCUT2D eigenvalue weighted by Crippen LogP contribution is 2.24. The maximum Gasteiger partial charge on any atom is 0.335 e. The lowest BCUT2D eigenvalue weighted by atomic mass is 10.2. The lowest BCUT2D eigenvalue weighted by Gasteiger charge is -2.02. The Morgan fingerprint density at radius 3 is 2.86 bits per heavy atom. The molecule has 0 amide bonds. The summed E-state index contributed by atoms with van der Waals surface area (Å²) in [7, 11) is 0. The Morgan fingerprint density at radius 1 is 1.29 bits per heavy atom. The lowest BCUT2D eigenvalue weighted by Crippen LogP contribution is -1.94. The molecule has 2 N–H and O–H groups in total. The number of hydrogen-bond acceptors (Lipinski definition) is 5. The molecule has 0 aliphatic rings. The molecule has 0 radical (unpaired) electrons. The van der Waals surface area contributed by atoms with Crippen LogP contribution in [0.2, 0.25) is 0 Å². The van der Waals surface area contributed by atoms with Crippen LogP contribution in [-0.4, -0.2) is 16.1 Å². The van der Waals surface area contributed by atoms with Gasteiger partial charge in [-0.1, -0.05) is 12.1 Å². The highest BCUT2D eigenvalue weighted by atomic mass is 16.4. The van der Waals surface area contributed by atoms with E-state index < -0.39 is 5.97 Å². The third-order valence-electron chi connectivity index (χ3n) is 2.92. The zero-order valence-electron chi connectivity index (χ0n) is 10.7. The van der Waals surface area contributed by atoms with Crippen molar-refractivity contribution in [2.75, 3.05) is 5.32 Å². The summed E-state index contributed by atoms with van der Waals surface area (Å²) in [6.07, 6.45) is 0. The van der Waals surface area contributed by atoms with Gasteiger partial charge in [-0.05, 0) is 30.3 Å². The van der Waals surface area contributed by atoms with Crippen molar-refractivity contribution >= 4 is 28.8 Å². The molecule has 0 atom stereocenters. The molecular weight excluding hydrogens is 270 g/mol. The number of nitrogens with one attached hydrogen (secondary N) is 1. The van der Waals surface area contributed by atoms with Gasteiger partial charge in [0.15, 0.2) is 5.58 Å². The van der Waals surface area contributed by atoms with Crippen molar-refractivity contribution in [3.05, 3.63) is 53.6 Å². The molecule has 3 rings (SSSR count). The van der Waals surface area contributed by atoms with Crippen LogP contribution >= 0.6 is 0 Å². The molecule has 0 saturated carbocycles. The minimum absolute atomic E-state index is 0.127. The van der Waals surface area contributed by atoms with Gasteiger partial charge >= 0.3 is 5.97 Å². The molecule has 1 aromatic heterocycles.